The zero-order valence-corrected chi connectivity index (χ0v) is 14.1. The van der Waals surface area contributed by atoms with Gasteiger partial charge in [0.15, 0.2) is 11.5 Å². The highest BCUT2D eigenvalue weighted by atomic mass is 32.1. The van der Waals surface area contributed by atoms with Crippen LogP contribution < -0.4 is 10.6 Å². The molecule has 0 saturated heterocycles. The number of aromatic nitrogens is 2. The van der Waals surface area contributed by atoms with E-state index < -0.39 is 0 Å². The number of benzene rings is 1. The predicted molar refractivity (Wildman–Crippen MR) is 91.2 cm³/mol. The topological polar surface area (TPSA) is 80.0 Å². The van der Waals surface area contributed by atoms with E-state index in [1.807, 2.05) is 32.0 Å². The Hall–Kier alpha value is -2.41. The Morgan fingerprint density at radius 3 is 2.91 bits per heavy atom. The number of aryl methyl sites for hydroxylation is 2. The molecule has 0 fully saturated rings. The summed E-state index contributed by atoms with van der Waals surface area (Å²) in [4.78, 5) is 16.8. The largest absolute Gasteiger partial charge is 0.441 e. The quantitative estimate of drug-likeness (QED) is 0.752. The van der Waals surface area contributed by atoms with Gasteiger partial charge in [0.2, 0.25) is 0 Å². The Labute approximate surface area is 138 Å². The molecule has 2 N–H and O–H groups in total. The number of carbonyl (C=O) groups is 1. The summed E-state index contributed by atoms with van der Waals surface area (Å²) in [5.74, 6) is 0.497. The molecule has 0 saturated carbocycles. The van der Waals surface area contributed by atoms with Crippen molar-refractivity contribution >= 4 is 33.5 Å². The van der Waals surface area contributed by atoms with Crippen molar-refractivity contribution in [1.29, 1.82) is 0 Å². The average molecular weight is 330 g/mol. The molecular weight excluding hydrogens is 312 g/mol. The second-order valence-electron chi connectivity index (χ2n) is 5.26. The molecule has 0 aliphatic carbocycles. The number of anilines is 1. The van der Waals surface area contributed by atoms with Gasteiger partial charge in [0.25, 0.3) is 5.91 Å². The lowest BCUT2D eigenvalue weighted by Crippen LogP contribution is -2.26. The lowest BCUT2D eigenvalue weighted by molar-refractivity contribution is 0.0954. The highest BCUT2D eigenvalue weighted by Crippen LogP contribution is 2.23. The fourth-order valence-corrected chi connectivity index (χ4v) is 3.16. The van der Waals surface area contributed by atoms with E-state index in [0.29, 0.717) is 24.4 Å². The molecule has 0 atom stereocenters. The van der Waals surface area contributed by atoms with E-state index in [9.17, 15) is 4.79 Å². The zero-order valence-electron chi connectivity index (χ0n) is 13.3. The van der Waals surface area contributed by atoms with Crippen LogP contribution in [-0.4, -0.2) is 28.9 Å². The molecule has 0 aliphatic heterocycles. The maximum absolute atomic E-state index is 12.3. The van der Waals surface area contributed by atoms with Crippen LogP contribution in [0.2, 0.25) is 0 Å². The van der Waals surface area contributed by atoms with Gasteiger partial charge >= 0.3 is 0 Å². The molecule has 0 unspecified atom stereocenters. The summed E-state index contributed by atoms with van der Waals surface area (Å²) in [6.45, 7) is 4.29. The van der Waals surface area contributed by atoms with Gasteiger partial charge in [-0.2, -0.15) is 4.37 Å². The molecule has 0 aliphatic rings. The molecule has 7 heteroatoms. The number of para-hydroxylation sites is 1. The summed E-state index contributed by atoms with van der Waals surface area (Å²) in [5.41, 5.74) is 4.08. The molecule has 1 aromatic carbocycles. The lowest BCUT2D eigenvalue weighted by Gasteiger charge is -2.05. The minimum absolute atomic E-state index is 0.132. The van der Waals surface area contributed by atoms with Gasteiger partial charge in [-0.1, -0.05) is 12.1 Å². The van der Waals surface area contributed by atoms with E-state index in [4.69, 9.17) is 4.42 Å². The second kappa shape index (κ2) is 6.37. The van der Waals surface area contributed by atoms with Crippen molar-refractivity contribution in [3.8, 4) is 0 Å². The first kappa shape index (κ1) is 15.5. The highest BCUT2D eigenvalue weighted by molar-refractivity contribution is 7.10. The molecule has 0 bridgehead atoms. The fourth-order valence-electron chi connectivity index (χ4n) is 2.42. The number of rotatable bonds is 5. The molecule has 2 heterocycles. The molecule has 23 heavy (non-hydrogen) atoms. The number of amides is 1. The number of nitrogens with one attached hydrogen (secondary N) is 2. The van der Waals surface area contributed by atoms with Crippen LogP contribution in [0, 0.1) is 13.8 Å². The number of hydrogen-bond donors (Lipinski definition) is 2. The molecule has 6 nitrogen and oxygen atoms in total. The summed E-state index contributed by atoms with van der Waals surface area (Å²) in [7, 11) is 1.78. The third-order valence-corrected chi connectivity index (χ3v) is 4.56. The fraction of sp³-hybridized carbons (Fsp3) is 0.312. The van der Waals surface area contributed by atoms with E-state index in [0.717, 1.165) is 27.4 Å². The van der Waals surface area contributed by atoms with Crippen LogP contribution in [0.5, 0.6) is 0 Å². The number of oxazole rings is 1. The van der Waals surface area contributed by atoms with Gasteiger partial charge in [-0.15, -0.1) is 0 Å². The number of nitrogens with zero attached hydrogens (tertiary/aromatic N) is 2. The maximum Gasteiger partial charge on any atom is 0.256 e. The highest BCUT2D eigenvalue weighted by Gasteiger charge is 2.17. The molecule has 1 amide bonds. The number of fused-ring (bicyclic) bond motifs is 1. The van der Waals surface area contributed by atoms with Crippen molar-refractivity contribution in [3.05, 3.63) is 40.9 Å². The van der Waals surface area contributed by atoms with E-state index >= 15 is 0 Å². The third kappa shape index (κ3) is 3.05. The third-order valence-electron chi connectivity index (χ3n) is 3.61. The van der Waals surface area contributed by atoms with Gasteiger partial charge in [-0.25, -0.2) is 4.98 Å². The van der Waals surface area contributed by atoms with Gasteiger partial charge in [0.1, 0.15) is 10.5 Å². The summed E-state index contributed by atoms with van der Waals surface area (Å²) in [6.07, 6.45) is 0.547. The predicted octanol–water partition coefficient (Wildman–Crippen LogP) is 2.92. The van der Waals surface area contributed by atoms with Crippen LogP contribution >= 0.6 is 11.5 Å². The SMILES string of the molecule is CNc1snc(C)c1C(=O)NCCc1nc2c(C)cccc2o1. The van der Waals surface area contributed by atoms with Crippen LogP contribution in [0.25, 0.3) is 11.1 Å². The molecule has 0 radical (unpaired) electrons. The van der Waals surface area contributed by atoms with Gasteiger partial charge < -0.3 is 15.1 Å². The zero-order chi connectivity index (χ0) is 16.4. The smallest absolute Gasteiger partial charge is 0.256 e. The van der Waals surface area contributed by atoms with Crippen LogP contribution in [0.3, 0.4) is 0 Å². The monoisotopic (exact) mass is 330 g/mol. The van der Waals surface area contributed by atoms with Crippen LogP contribution in [0.4, 0.5) is 5.00 Å². The van der Waals surface area contributed by atoms with Crippen molar-refractivity contribution in [1.82, 2.24) is 14.7 Å². The van der Waals surface area contributed by atoms with Crippen molar-refractivity contribution in [2.45, 2.75) is 20.3 Å². The van der Waals surface area contributed by atoms with E-state index in [1.54, 1.807) is 7.05 Å². The van der Waals surface area contributed by atoms with Crippen LogP contribution in [0.15, 0.2) is 22.6 Å². The number of hydrogen-bond acceptors (Lipinski definition) is 6. The van der Waals surface area contributed by atoms with Crippen LogP contribution in [-0.2, 0) is 6.42 Å². The first-order valence-electron chi connectivity index (χ1n) is 7.37. The van der Waals surface area contributed by atoms with Gasteiger partial charge in [-0.05, 0) is 37.0 Å². The standard InChI is InChI=1S/C16H18N4O2S/c1-9-5-4-6-11-14(9)19-12(22-11)7-8-18-15(21)13-10(2)20-23-16(13)17-3/h4-6,17H,7-8H2,1-3H3,(H,18,21). The van der Waals surface area contributed by atoms with Crippen molar-refractivity contribution in [3.63, 3.8) is 0 Å². The van der Waals surface area contributed by atoms with E-state index in [-0.39, 0.29) is 5.91 Å². The van der Waals surface area contributed by atoms with Crippen LogP contribution in [0.1, 0.15) is 27.5 Å². The second-order valence-corrected chi connectivity index (χ2v) is 6.03. The Morgan fingerprint density at radius 2 is 2.17 bits per heavy atom. The molecule has 2 aromatic heterocycles. The Kier molecular flexibility index (Phi) is 4.29. The first-order chi connectivity index (χ1) is 11.1. The van der Waals surface area contributed by atoms with E-state index in [1.165, 1.54) is 11.5 Å². The summed E-state index contributed by atoms with van der Waals surface area (Å²) in [6, 6.07) is 5.85. The van der Waals surface area contributed by atoms with Gasteiger partial charge in [0.05, 0.1) is 11.3 Å². The van der Waals surface area contributed by atoms with Gasteiger partial charge in [0, 0.05) is 20.0 Å². The summed E-state index contributed by atoms with van der Waals surface area (Å²) in [5, 5.41) is 6.66. The Morgan fingerprint density at radius 1 is 1.35 bits per heavy atom. The Balaban J connectivity index is 1.65. The maximum atomic E-state index is 12.3. The Bertz CT molecular complexity index is 853. The molecule has 120 valence electrons. The minimum Gasteiger partial charge on any atom is -0.441 e. The van der Waals surface area contributed by atoms with E-state index in [2.05, 4.69) is 20.0 Å². The minimum atomic E-state index is -0.132. The summed E-state index contributed by atoms with van der Waals surface area (Å²) < 4.78 is 9.91. The molecular formula is C16H18N4O2S. The average Bonchev–Trinajstić information content (AvgIpc) is 3.11. The normalized spacial score (nSPS) is 10.9. The molecule has 3 rings (SSSR count). The first-order valence-corrected chi connectivity index (χ1v) is 8.14. The van der Waals surface area contributed by atoms with Crippen molar-refractivity contribution < 1.29 is 9.21 Å². The number of carbonyl (C=O) groups excluding carboxylic acids is 1. The summed E-state index contributed by atoms with van der Waals surface area (Å²) >= 11 is 1.29. The van der Waals surface area contributed by atoms with Gasteiger partial charge in [-0.3, -0.25) is 4.79 Å². The molecule has 0 spiro atoms. The molecule has 3 aromatic rings. The van der Waals surface area contributed by atoms with Crippen molar-refractivity contribution in [2.24, 2.45) is 0 Å². The lowest BCUT2D eigenvalue weighted by atomic mass is 10.2. The van der Waals surface area contributed by atoms with Crippen molar-refractivity contribution in [2.75, 3.05) is 18.9 Å².